The number of rotatable bonds is 16. The number of hydrogen-bond donors (Lipinski definition) is 3. The van der Waals surface area contributed by atoms with E-state index < -0.39 is 0 Å². The van der Waals surface area contributed by atoms with Crippen molar-refractivity contribution in [3.8, 4) is 0 Å². The monoisotopic (exact) mass is 507 g/mol. The first kappa shape index (κ1) is 28.3. The molecule has 0 unspecified atom stereocenters. The minimum absolute atomic E-state index is 0.129. The number of nitrogens with zero attached hydrogens (tertiary/aromatic N) is 2. The van der Waals surface area contributed by atoms with Crippen LogP contribution in [0, 0.1) is 20.8 Å². The molecular weight excluding hydrogens is 466 g/mol. The van der Waals surface area contributed by atoms with Gasteiger partial charge in [0.15, 0.2) is 0 Å². The third-order valence-corrected chi connectivity index (χ3v) is 6.64. The number of benzene rings is 1. The standard InChI is InChI=1S/C29H41N5O3/c1-21-22(2)34-27(23(3)33-21)28(35)31-17-12-10-8-6-4-5-7-9-11-13-18-32-37-29(36)25-15-14-24-16-19-30-26(24)20-25/h14-16,19-20,30,32H,4-13,17-18H2,1-3H3,(H,31,35). The van der Waals surface area contributed by atoms with Gasteiger partial charge in [-0.3, -0.25) is 9.78 Å². The molecule has 0 spiro atoms. The summed E-state index contributed by atoms with van der Waals surface area (Å²) in [6, 6.07) is 7.47. The molecule has 0 fully saturated rings. The van der Waals surface area contributed by atoms with Gasteiger partial charge >= 0.3 is 5.97 Å². The molecule has 1 amide bonds. The Morgan fingerprint density at radius 1 is 0.784 bits per heavy atom. The molecule has 3 N–H and O–H groups in total. The van der Waals surface area contributed by atoms with Crippen molar-refractivity contribution in [1.29, 1.82) is 0 Å². The van der Waals surface area contributed by atoms with Crippen molar-refractivity contribution in [2.24, 2.45) is 0 Å². The quantitative estimate of drug-likeness (QED) is 0.165. The van der Waals surface area contributed by atoms with Crippen LogP contribution < -0.4 is 10.8 Å². The molecule has 0 aliphatic rings. The zero-order valence-electron chi connectivity index (χ0n) is 22.5. The highest BCUT2D eigenvalue weighted by Gasteiger charge is 2.13. The molecule has 3 rings (SSSR count). The minimum atomic E-state index is -0.357. The van der Waals surface area contributed by atoms with Crippen LogP contribution >= 0.6 is 0 Å². The molecule has 3 aromatic rings. The van der Waals surface area contributed by atoms with Gasteiger partial charge in [0.05, 0.1) is 22.6 Å². The highest BCUT2D eigenvalue weighted by molar-refractivity contribution is 5.94. The summed E-state index contributed by atoms with van der Waals surface area (Å²) in [5.41, 5.74) is 7.04. The van der Waals surface area contributed by atoms with Crippen molar-refractivity contribution in [2.75, 3.05) is 13.1 Å². The number of carbonyl (C=O) groups is 2. The maximum Gasteiger partial charge on any atom is 0.356 e. The van der Waals surface area contributed by atoms with Gasteiger partial charge in [-0.05, 0) is 57.2 Å². The van der Waals surface area contributed by atoms with Crippen LogP contribution in [0.1, 0.15) is 102 Å². The van der Waals surface area contributed by atoms with E-state index in [0.717, 1.165) is 48.0 Å². The molecular formula is C29H41N5O3. The first-order valence-electron chi connectivity index (χ1n) is 13.6. The molecule has 8 nitrogen and oxygen atoms in total. The van der Waals surface area contributed by atoms with Crippen molar-refractivity contribution in [3.05, 3.63) is 58.8 Å². The average molecular weight is 508 g/mol. The summed E-state index contributed by atoms with van der Waals surface area (Å²) >= 11 is 0. The molecule has 0 atom stereocenters. The van der Waals surface area contributed by atoms with E-state index >= 15 is 0 Å². The van der Waals surface area contributed by atoms with E-state index in [2.05, 4.69) is 25.7 Å². The molecule has 0 saturated heterocycles. The molecule has 37 heavy (non-hydrogen) atoms. The Kier molecular flexibility index (Phi) is 11.6. The first-order chi connectivity index (χ1) is 18.0. The molecule has 0 aliphatic heterocycles. The van der Waals surface area contributed by atoms with Gasteiger partial charge in [-0.25, -0.2) is 9.78 Å². The molecule has 2 heterocycles. The van der Waals surface area contributed by atoms with Crippen molar-refractivity contribution in [2.45, 2.75) is 85.0 Å². The predicted octanol–water partition coefficient (Wildman–Crippen LogP) is 5.88. The topological polar surface area (TPSA) is 109 Å². The summed E-state index contributed by atoms with van der Waals surface area (Å²) in [7, 11) is 0. The predicted molar refractivity (Wildman–Crippen MR) is 146 cm³/mol. The lowest BCUT2D eigenvalue weighted by Gasteiger charge is -2.09. The van der Waals surface area contributed by atoms with Gasteiger partial charge in [-0.1, -0.05) is 57.4 Å². The number of aromatic nitrogens is 3. The molecule has 8 heteroatoms. The molecule has 0 aliphatic carbocycles. The number of nitrogens with one attached hydrogen (secondary N) is 3. The van der Waals surface area contributed by atoms with Gasteiger partial charge in [0.2, 0.25) is 0 Å². The number of hydroxylamine groups is 1. The highest BCUT2D eigenvalue weighted by Crippen LogP contribution is 2.15. The van der Waals surface area contributed by atoms with Crippen LogP contribution in [0.4, 0.5) is 0 Å². The summed E-state index contributed by atoms with van der Waals surface area (Å²) in [5, 5.41) is 4.04. The molecule has 1 aromatic carbocycles. The second-order valence-electron chi connectivity index (χ2n) is 9.68. The highest BCUT2D eigenvalue weighted by atomic mass is 16.7. The van der Waals surface area contributed by atoms with E-state index in [1.54, 1.807) is 12.1 Å². The van der Waals surface area contributed by atoms with Gasteiger partial charge < -0.3 is 15.1 Å². The van der Waals surface area contributed by atoms with Crippen molar-refractivity contribution >= 4 is 22.8 Å². The van der Waals surface area contributed by atoms with Crippen molar-refractivity contribution < 1.29 is 14.4 Å². The SMILES string of the molecule is Cc1nc(C)c(C(=O)NCCCCCCCCCCCCNOC(=O)c2ccc3cc[nH]c3c2)nc1C. The fourth-order valence-corrected chi connectivity index (χ4v) is 4.30. The van der Waals surface area contributed by atoms with Crippen LogP contribution in [0.5, 0.6) is 0 Å². The summed E-state index contributed by atoms with van der Waals surface area (Å²) in [4.78, 5) is 41.5. The fraction of sp³-hybridized carbons (Fsp3) is 0.517. The third-order valence-electron chi connectivity index (χ3n) is 6.64. The van der Waals surface area contributed by atoms with Crippen LogP contribution in [0.15, 0.2) is 30.5 Å². The van der Waals surface area contributed by atoms with Crippen molar-refractivity contribution in [3.63, 3.8) is 0 Å². The fourth-order valence-electron chi connectivity index (χ4n) is 4.30. The summed E-state index contributed by atoms with van der Waals surface area (Å²) < 4.78 is 0. The summed E-state index contributed by atoms with van der Waals surface area (Å²) in [5.74, 6) is -0.486. The Labute approximate surface area is 220 Å². The number of unbranched alkanes of at least 4 members (excludes halogenated alkanes) is 9. The molecule has 0 saturated carbocycles. The molecule has 2 aromatic heterocycles. The maximum atomic E-state index is 12.3. The van der Waals surface area contributed by atoms with Gasteiger partial charge in [0.25, 0.3) is 5.91 Å². The Morgan fingerprint density at radius 2 is 1.41 bits per heavy atom. The lowest BCUT2D eigenvalue weighted by atomic mass is 10.1. The number of hydrogen-bond acceptors (Lipinski definition) is 6. The second kappa shape index (κ2) is 15.1. The van der Waals surface area contributed by atoms with Gasteiger partial charge in [-0.15, -0.1) is 0 Å². The van der Waals surface area contributed by atoms with Crippen LogP contribution in [0.25, 0.3) is 10.9 Å². The molecule has 200 valence electrons. The Bertz CT molecular complexity index is 1160. The van der Waals surface area contributed by atoms with E-state index in [4.69, 9.17) is 4.84 Å². The number of fused-ring (bicyclic) bond motifs is 1. The lowest BCUT2D eigenvalue weighted by molar-refractivity contribution is 0.0251. The zero-order valence-corrected chi connectivity index (χ0v) is 22.5. The van der Waals surface area contributed by atoms with Crippen LogP contribution in [-0.4, -0.2) is 39.9 Å². The summed E-state index contributed by atoms with van der Waals surface area (Å²) in [6.45, 7) is 6.96. The average Bonchev–Trinajstić information content (AvgIpc) is 3.36. The number of amides is 1. The zero-order chi connectivity index (χ0) is 26.5. The van der Waals surface area contributed by atoms with E-state index in [9.17, 15) is 9.59 Å². The Morgan fingerprint density at radius 3 is 2.11 bits per heavy atom. The Hall–Kier alpha value is -3.26. The van der Waals surface area contributed by atoms with Crippen LogP contribution in [0.3, 0.4) is 0 Å². The minimum Gasteiger partial charge on any atom is -0.367 e. The number of carbonyl (C=O) groups excluding carboxylic acids is 2. The number of H-pyrrole nitrogens is 1. The Balaban J connectivity index is 1.10. The smallest absolute Gasteiger partial charge is 0.356 e. The maximum absolute atomic E-state index is 12.3. The first-order valence-corrected chi connectivity index (χ1v) is 13.6. The van der Waals surface area contributed by atoms with E-state index in [-0.39, 0.29) is 11.9 Å². The largest absolute Gasteiger partial charge is 0.367 e. The van der Waals surface area contributed by atoms with Crippen LogP contribution in [-0.2, 0) is 4.84 Å². The lowest BCUT2D eigenvalue weighted by Crippen LogP contribution is -2.27. The second-order valence-corrected chi connectivity index (χ2v) is 9.68. The third kappa shape index (κ3) is 9.28. The number of aryl methyl sites for hydroxylation is 3. The van der Waals surface area contributed by atoms with Gasteiger partial charge in [0, 0.05) is 24.8 Å². The van der Waals surface area contributed by atoms with E-state index in [1.807, 2.05) is 39.1 Å². The normalized spacial score (nSPS) is 11.1. The summed E-state index contributed by atoms with van der Waals surface area (Å²) in [6.07, 6.45) is 13.5. The molecule has 0 bridgehead atoms. The van der Waals surface area contributed by atoms with Gasteiger partial charge in [0.1, 0.15) is 5.69 Å². The van der Waals surface area contributed by atoms with Gasteiger partial charge in [-0.2, -0.15) is 5.48 Å². The van der Waals surface area contributed by atoms with E-state index in [0.29, 0.717) is 30.0 Å². The number of aromatic amines is 1. The van der Waals surface area contributed by atoms with Crippen molar-refractivity contribution in [1.82, 2.24) is 25.7 Å². The van der Waals surface area contributed by atoms with E-state index in [1.165, 1.54) is 38.5 Å². The molecule has 0 radical (unpaired) electrons. The van der Waals surface area contributed by atoms with Crippen LogP contribution in [0.2, 0.25) is 0 Å².